The van der Waals surface area contributed by atoms with Crippen molar-refractivity contribution in [3.8, 4) is 11.5 Å². The van der Waals surface area contributed by atoms with E-state index in [1.807, 2.05) is 24.3 Å². The minimum atomic E-state index is -0.548. The number of rotatable bonds is 4. The number of hydrogen-bond donors (Lipinski definition) is 1. The van der Waals surface area contributed by atoms with Crippen molar-refractivity contribution in [2.75, 3.05) is 26.2 Å². The summed E-state index contributed by atoms with van der Waals surface area (Å²) in [5.41, 5.74) is 0. The van der Waals surface area contributed by atoms with Gasteiger partial charge >= 0.3 is 0 Å². The van der Waals surface area contributed by atoms with E-state index in [2.05, 4.69) is 10.2 Å². The van der Waals surface area contributed by atoms with E-state index < -0.39 is 6.10 Å². The minimum Gasteiger partial charge on any atom is -0.485 e. The predicted octanol–water partition coefficient (Wildman–Crippen LogP) is 2.60. The number of likely N-dealkylation sites (tertiary alicyclic amines) is 1. The van der Waals surface area contributed by atoms with Gasteiger partial charge in [-0.1, -0.05) is 25.0 Å². The summed E-state index contributed by atoms with van der Waals surface area (Å²) in [5, 5.41) is 3.07. The highest BCUT2D eigenvalue weighted by Crippen LogP contribution is 2.31. The summed E-state index contributed by atoms with van der Waals surface area (Å²) in [6.07, 6.45) is 7.36. The molecule has 3 aliphatic rings. The molecule has 2 heterocycles. The van der Waals surface area contributed by atoms with Crippen molar-refractivity contribution in [1.82, 2.24) is 10.2 Å². The van der Waals surface area contributed by atoms with Crippen LogP contribution in [0.3, 0.4) is 0 Å². The van der Waals surface area contributed by atoms with Crippen molar-refractivity contribution in [2.45, 2.75) is 50.7 Å². The van der Waals surface area contributed by atoms with E-state index in [9.17, 15) is 4.79 Å². The first-order chi connectivity index (χ1) is 12.3. The van der Waals surface area contributed by atoms with Crippen LogP contribution in [0, 0.1) is 5.92 Å². The quantitative estimate of drug-likeness (QED) is 0.912. The number of nitrogens with zero attached hydrogens (tertiary/aromatic N) is 1. The normalized spacial score (nSPS) is 25.0. The molecule has 1 atom stereocenters. The van der Waals surface area contributed by atoms with E-state index in [0.717, 1.165) is 12.6 Å². The third kappa shape index (κ3) is 3.92. The molecular weight excluding hydrogens is 316 g/mol. The summed E-state index contributed by atoms with van der Waals surface area (Å²) in [5.74, 6) is 1.88. The molecule has 0 radical (unpaired) electrons. The molecule has 5 nitrogen and oxygen atoms in total. The molecule has 1 aromatic carbocycles. The Balaban J connectivity index is 1.21. The van der Waals surface area contributed by atoms with Gasteiger partial charge in [-0.3, -0.25) is 4.79 Å². The number of carbonyl (C=O) groups excluding carboxylic acids is 1. The number of carbonyl (C=O) groups is 1. The molecule has 1 N–H and O–H groups in total. The average Bonchev–Trinajstić information content (AvgIpc) is 3.21. The molecule has 2 aliphatic heterocycles. The van der Waals surface area contributed by atoms with Gasteiger partial charge in [0.2, 0.25) is 6.10 Å². The van der Waals surface area contributed by atoms with Crippen LogP contribution in [0.2, 0.25) is 0 Å². The number of para-hydroxylation sites is 2. The zero-order chi connectivity index (χ0) is 17.1. The number of fused-ring (bicyclic) bond motifs is 1. The molecule has 1 aromatic rings. The second kappa shape index (κ2) is 7.65. The van der Waals surface area contributed by atoms with Crippen molar-refractivity contribution < 1.29 is 14.3 Å². The second-order valence-corrected chi connectivity index (χ2v) is 7.53. The Kier molecular flexibility index (Phi) is 5.11. The third-order valence-corrected chi connectivity index (χ3v) is 5.86. The fraction of sp³-hybridized carbons (Fsp3) is 0.650. The largest absolute Gasteiger partial charge is 0.485 e. The Morgan fingerprint density at radius 1 is 1.08 bits per heavy atom. The molecule has 1 aliphatic carbocycles. The van der Waals surface area contributed by atoms with Crippen LogP contribution in [-0.2, 0) is 4.79 Å². The first kappa shape index (κ1) is 16.7. The summed E-state index contributed by atoms with van der Waals surface area (Å²) in [4.78, 5) is 15.1. The molecule has 0 bridgehead atoms. The Bertz CT molecular complexity index is 592. The molecule has 1 amide bonds. The SMILES string of the molecule is O=C(NCC1CCN(C2CCCC2)CC1)C1COc2ccccc2O1. The van der Waals surface area contributed by atoms with Gasteiger partial charge in [-0.05, 0) is 56.8 Å². The van der Waals surface area contributed by atoms with Crippen molar-refractivity contribution in [1.29, 1.82) is 0 Å². The number of piperidine rings is 1. The summed E-state index contributed by atoms with van der Waals surface area (Å²) in [6, 6.07) is 8.32. The zero-order valence-corrected chi connectivity index (χ0v) is 14.8. The van der Waals surface area contributed by atoms with Crippen LogP contribution in [0.5, 0.6) is 11.5 Å². The lowest BCUT2D eigenvalue weighted by molar-refractivity contribution is -0.130. The fourth-order valence-corrected chi connectivity index (χ4v) is 4.30. The van der Waals surface area contributed by atoms with Crippen LogP contribution in [0.1, 0.15) is 38.5 Å². The smallest absolute Gasteiger partial charge is 0.264 e. The summed E-state index contributed by atoms with van der Waals surface area (Å²) < 4.78 is 11.4. The maximum absolute atomic E-state index is 12.4. The monoisotopic (exact) mass is 344 g/mol. The van der Waals surface area contributed by atoms with Crippen LogP contribution in [0.4, 0.5) is 0 Å². The number of hydrogen-bond acceptors (Lipinski definition) is 4. The van der Waals surface area contributed by atoms with Crippen LogP contribution in [0.15, 0.2) is 24.3 Å². The predicted molar refractivity (Wildman–Crippen MR) is 95.9 cm³/mol. The highest BCUT2D eigenvalue weighted by Gasteiger charge is 2.30. The van der Waals surface area contributed by atoms with E-state index >= 15 is 0 Å². The van der Waals surface area contributed by atoms with Gasteiger partial charge in [0.05, 0.1) is 0 Å². The van der Waals surface area contributed by atoms with E-state index in [1.165, 1.54) is 51.6 Å². The van der Waals surface area contributed by atoms with Gasteiger partial charge in [-0.15, -0.1) is 0 Å². The van der Waals surface area contributed by atoms with Crippen LogP contribution in [0.25, 0.3) is 0 Å². The van der Waals surface area contributed by atoms with Gasteiger partial charge in [0.25, 0.3) is 5.91 Å². The maximum Gasteiger partial charge on any atom is 0.264 e. The molecule has 5 heteroatoms. The number of benzene rings is 1. The maximum atomic E-state index is 12.4. The summed E-state index contributed by atoms with van der Waals surface area (Å²) >= 11 is 0. The van der Waals surface area contributed by atoms with Crippen molar-refractivity contribution in [2.24, 2.45) is 5.92 Å². The number of nitrogens with one attached hydrogen (secondary N) is 1. The second-order valence-electron chi connectivity index (χ2n) is 7.53. The molecule has 2 fully saturated rings. The van der Waals surface area contributed by atoms with Gasteiger partial charge in [0.15, 0.2) is 11.5 Å². The summed E-state index contributed by atoms with van der Waals surface area (Å²) in [6.45, 7) is 3.39. The molecule has 1 saturated heterocycles. The van der Waals surface area contributed by atoms with Crippen molar-refractivity contribution >= 4 is 5.91 Å². The molecule has 1 unspecified atom stereocenters. The standard InChI is InChI=1S/C20H28N2O3/c23-20(19-14-24-17-7-3-4-8-18(17)25-19)21-13-15-9-11-22(12-10-15)16-5-1-2-6-16/h3-4,7-8,15-16,19H,1-2,5-6,9-14H2,(H,21,23). The Morgan fingerprint density at radius 2 is 1.80 bits per heavy atom. The molecule has 0 aromatic heterocycles. The highest BCUT2D eigenvalue weighted by molar-refractivity contribution is 5.81. The Labute approximate surface area is 149 Å². The lowest BCUT2D eigenvalue weighted by Crippen LogP contribution is -2.47. The molecule has 136 valence electrons. The molecule has 4 rings (SSSR count). The lowest BCUT2D eigenvalue weighted by atomic mass is 9.95. The molecular formula is C20H28N2O3. The average molecular weight is 344 g/mol. The van der Waals surface area contributed by atoms with Crippen molar-refractivity contribution in [3.63, 3.8) is 0 Å². The number of ether oxygens (including phenoxy) is 2. The Morgan fingerprint density at radius 3 is 2.56 bits per heavy atom. The Hall–Kier alpha value is -1.75. The van der Waals surface area contributed by atoms with Crippen molar-refractivity contribution in [3.05, 3.63) is 24.3 Å². The zero-order valence-electron chi connectivity index (χ0n) is 14.8. The molecule has 1 saturated carbocycles. The topological polar surface area (TPSA) is 50.8 Å². The fourth-order valence-electron chi connectivity index (χ4n) is 4.30. The van der Waals surface area contributed by atoms with Gasteiger partial charge in [-0.25, -0.2) is 0 Å². The van der Waals surface area contributed by atoms with Crippen LogP contribution >= 0.6 is 0 Å². The van der Waals surface area contributed by atoms with E-state index in [0.29, 0.717) is 17.4 Å². The van der Waals surface area contributed by atoms with E-state index in [4.69, 9.17) is 9.47 Å². The van der Waals surface area contributed by atoms with Gasteiger partial charge in [-0.2, -0.15) is 0 Å². The third-order valence-electron chi connectivity index (χ3n) is 5.86. The van der Waals surface area contributed by atoms with E-state index in [1.54, 1.807) is 0 Å². The minimum absolute atomic E-state index is 0.0623. The summed E-state index contributed by atoms with van der Waals surface area (Å²) in [7, 11) is 0. The van der Waals surface area contributed by atoms with Gasteiger partial charge in [0.1, 0.15) is 6.61 Å². The first-order valence-electron chi connectivity index (χ1n) is 9.70. The number of amides is 1. The van der Waals surface area contributed by atoms with Crippen LogP contribution in [-0.4, -0.2) is 49.2 Å². The molecule has 25 heavy (non-hydrogen) atoms. The van der Waals surface area contributed by atoms with Crippen LogP contribution < -0.4 is 14.8 Å². The van der Waals surface area contributed by atoms with E-state index in [-0.39, 0.29) is 12.5 Å². The van der Waals surface area contributed by atoms with Gasteiger partial charge < -0.3 is 19.7 Å². The molecule has 0 spiro atoms. The highest BCUT2D eigenvalue weighted by atomic mass is 16.6. The van der Waals surface area contributed by atoms with Gasteiger partial charge in [0, 0.05) is 12.6 Å². The lowest BCUT2D eigenvalue weighted by Gasteiger charge is -2.36. The first-order valence-corrected chi connectivity index (χ1v) is 9.70.